The molecule has 5 aliphatic rings. The molecule has 1 amide bonds. The Kier molecular flexibility index (Phi) is 17.2. The number of nitrogens with one attached hydrogen (secondary N) is 1. The highest BCUT2D eigenvalue weighted by Crippen LogP contribution is 2.36. The number of benzene rings is 6. The number of methoxy groups -OCH3 is 1. The van der Waals surface area contributed by atoms with Gasteiger partial charge in [-0.15, -0.1) is 0 Å². The molecule has 0 saturated heterocycles. The third-order valence-electron chi connectivity index (χ3n) is 14.6. The number of pyridine rings is 1. The van der Waals surface area contributed by atoms with Crippen molar-refractivity contribution in [3.8, 4) is 16.9 Å². The van der Waals surface area contributed by atoms with Crippen LogP contribution in [0.25, 0.3) is 22.0 Å². The van der Waals surface area contributed by atoms with E-state index in [0.29, 0.717) is 11.6 Å². The van der Waals surface area contributed by atoms with Crippen LogP contribution in [0.2, 0.25) is 0 Å². The molecular weight excluding hydrogens is 920 g/mol. The lowest BCUT2D eigenvalue weighted by Crippen LogP contribution is -2.23. The normalized spacial score (nSPS) is 15.0. The van der Waals surface area contributed by atoms with Crippen LogP contribution >= 0.6 is 0 Å². The minimum atomic E-state index is -0.157. The zero-order valence-corrected chi connectivity index (χ0v) is 44.8. The van der Waals surface area contributed by atoms with Crippen molar-refractivity contribution in [3.63, 3.8) is 0 Å². The molecule has 1 N–H and O–H groups in total. The van der Waals surface area contributed by atoms with Gasteiger partial charge in [-0.05, 0) is 145 Å². The van der Waals surface area contributed by atoms with E-state index in [-0.39, 0.29) is 11.7 Å². The molecule has 2 aromatic heterocycles. The number of hydrogen-bond donors (Lipinski definition) is 1. The Bertz CT molecular complexity index is 3160. The molecule has 6 aromatic carbocycles. The molecule has 1 atom stereocenters. The van der Waals surface area contributed by atoms with Crippen LogP contribution in [-0.2, 0) is 43.9 Å². The topological polar surface area (TPSA) is 72.3 Å². The second kappa shape index (κ2) is 24.3. The smallest absolute Gasteiger partial charge is 0.221 e. The van der Waals surface area contributed by atoms with Gasteiger partial charge in [-0.2, -0.15) is 0 Å². The van der Waals surface area contributed by atoms with E-state index < -0.39 is 0 Å². The quantitative estimate of drug-likeness (QED) is 0.188. The zero-order valence-electron chi connectivity index (χ0n) is 44.8. The lowest BCUT2D eigenvalue weighted by molar-refractivity contribution is -0.114. The van der Waals surface area contributed by atoms with Crippen LogP contribution in [0.15, 0.2) is 158 Å². The van der Waals surface area contributed by atoms with Crippen LogP contribution in [0.3, 0.4) is 0 Å². The number of fused-ring (bicyclic) bond motifs is 6. The standard InChI is InChI=1S/C15H15N.C11H14N2O.C10H13NO.C10H13N.C9H8FN.C8H10N2/c1-16-11-10-14-13(8-5-9-15(14)16)12-6-3-2-4-7-12;1-8(14)12-10-3-4-11-9(7-10)5-6-13(11)2;1-11-6-5-8-7-9(12-2)3-4-10(8)11;1-8-7-9-5-3-4-6-10(9)11(8)2;1-11-6-5-7-3-2-4-8(10)9(7)11;1-10-6-4-7-3-2-5-9-8(7)10/h2-9H,10-11H2,1H3;3-4,7H,5-6H2,1-2H3,(H,12,14);3-4,7H,5-6H2,1-2H3;3-6,8H,7H2,1-2H3;2-6H,1H3;2-3,5H,4,6H2,1H3. The van der Waals surface area contributed by atoms with Gasteiger partial charge in [-0.3, -0.25) is 4.79 Å². The highest BCUT2D eigenvalue weighted by atomic mass is 19.1. The molecular formula is C63H73FN8O2. The number of hydrogen-bond acceptors (Lipinski definition) is 8. The van der Waals surface area contributed by atoms with Gasteiger partial charge in [0.25, 0.3) is 0 Å². The number of nitrogens with zero attached hydrogens (tertiary/aromatic N) is 7. The lowest BCUT2D eigenvalue weighted by Gasteiger charge is -2.17. The van der Waals surface area contributed by atoms with Gasteiger partial charge < -0.3 is 39.1 Å². The maximum Gasteiger partial charge on any atom is 0.221 e. The summed E-state index contributed by atoms with van der Waals surface area (Å²) in [6.45, 7) is 8.24. The number of rotatable bonds is 3. The fourth-order valence-electron chi connectivity index (χ4n) is 10.4. The maximum atomic E-state index is 13.1. The van der Waals surface area contributed by atoms with Crippen molar-refractivity contribution in [2.24, 2.45) is 7.05 Å². The average Bonchev–Trinajstić information content (AvgIpc) is 4.30. The molecule has 5 aliphatic heterocycles. The van der Waals surface area contributed by atoms with E-state index in [1.54, 1.807) is 17.7 Å². The molecule has 0 fully saturated rings. The summed E-state index contributed by atoms with van der Waals surface area (Å²) in [6, 6.07) is 50.0. The number of aryl methyl sites for hydroxylation is 1. The van der Waals surface area contributed by atoms with Gasteiger partial charge in [0, 0.05) is 128 Å². The number of anilines is 6. The number of aromatic nitrogens is 2. The summed E-state index contributed by atoms with van der Waals surface area (Å²) in [7, 11) is 14.2. The molecule has 0 bridgehead atoms. The Hall–Kier alpha value is -7.79. The van der Waals surface area contributed by atoms with Gasteiger partial charge in [0.1, 0.15) is 17.4 Å². The van der Waals surface area contributed by atoms with E-state index in [0.717, 1.165) is 74.5 Å². The van der Waals surface area contributed by atoms with Gasteiger partial charge in [0.05, 0.1) is 12.6 Å². The molecule has 7 heterocycles. The van der Waals surface area contributed by atoms with Crippen LogP contribution in [0.1, 0.15) is 41.7 Å². The van der Waals surface area contributed by atoms with Gasteiger partial charge >= 0.3 is 0 Å². The molecule has 74 heavy (non-hydrogen) atoms. The first-order chi connectivity index (χ1) is 35.8. The largest absolute Gasteiger partial charge is 0.497 e. The predicted octanol–water partition coefficient (Wildman–Crippen LogP) is 12.1. The van der Waals surface area contributed by atoms with Crippen LogP contribution in [0.5, 0.6) is 5.75 Å². The van der Waals surface area contributed by atoms with Gasteiger partial charge in [-0.1, -0.05) is 78.9 Å². The minimum absolute atomic E-state index is 0.0173. The number of halogens is 1. The zero-order chi connectivity index (χ0) is 52.3. The first-order valence-corrected chi connectivity index (χ1v) is 25.8. The first kappa shape index (κ1) is 52.5. The second-order valence-electron chi connectivity index (χ2n) is 19.8. The predicted molar refractivity (Wildman–Crippen MR) is 309 cm³/mol. The van der Waals surface area contributed by atoms with Gasteiger partial charge in [0.15, 0.2) is 0 Å². The van der Waals surface area contributed by atoms with E-state index in [2.05, 4.69) is 180 Å². The molecule has 0 saturated carbocycles. The van der Waals surface area contributed by atoms with Crippen molar-refractivity contribution in [2.45, 2.75) is 52.0 Å². The number of ether oxygens (including phenoxy) is 1. The second-order valence-corrected chi connectivity index (χ2v) is 19.8. The summed E-state index contributed by atoms with van der Waals surface area (Å²) >= 11 is 0. The average molecular weight is 993 g/mol. The Morgan fingerprint density at radius 1 is 0.608 bits per heavy atom. The van der Waals surface area contributed by atoms with E-state index in [1.807, 2.05) is 49.8 Å². The van der Waals surface area contributed by atoms with Crippen molar-refractivity contribution in [3.05, 3.63) is 192 Å². The lowest BCUT2D eigenvalue weighted by atomic mass is 9.98. The molecule has 1 unspecified atom stereocenters. The fraction of sp³-hybridized carbons (Fsp3) is 0.302. The molecule has 0 radical (unpaired) electrons. The molecule has 11 heteroatoms. The summed E-state index contributed by atoms with van der Waals surface area (Å²) in [4.78, 5) is 26.5. The molecule has 0 aliphatic carbocycles. The Morgan fingerprint density at radius 3 is 1.93 bits per heavy atom. The van der Waals surface area contributed by atoms with E-state index >= 15 is 0 Å². The highest BCUT2D eigenvalue weighted by molar-refractivity contribution is 5.89. The van der Waals surface area contributed by atoms with E-state index in [1.165, 1.54) is 81.1 Å². The van der Waals surface area contributed by atoms with Crippen LogP contribution in [0, 0.1) is 5.82 Å². The van der Waals surface area contributed by atoms with Crippen LogP contribution < -0.4 is 34.6 Å². The molecule has 8 aromatic rings. The maximum absolute atomic E-state index is 13.1. The van der Waals surface area contributed by atoms with Crippen molar-refractivity contribution in [1.82, 2.24) is 9.55 Å². The van der Waals surface area contributed by atoms with Crippen LogP contribution in [-0.4, -0.2) is 90.0 Å². The fourth-order valence-corrected chi connectivity index (χ4v) is 10.4. The number of likely N-dealkylation sites (N-methyl/N-ethyl adjacent to an activating group) is 5. The monoisotopic (exact) mass is 993 g/mol. The summed E-state index contributed by atoms with van der Waals surface area (Å²) in [5.74, 6) is 1.94. The molecule has 0 spiro atoms. The van der Waals surface area contributed by atoms with Crippen molar-refractivity contribution in [2.75, 3.05) is 98.3 Å². The van der Waals surface area contributed by atoms with Gasteiger partial charge in [-0.25, -0.2) is 9.37 Å². The summed E-state index contributed by atoms with van der Waals surface area (Å²) in [6.07, 6.45) is 9.43. The molecule has 10 nitrogen and oxygen atoms in total. The SMILES string of the molecule is CC(=O)Nc1ccc2c(c1)CCN2C.CC1Cc2ccccc2N1C.CN1CCc2c(-c3ccccc3)cccc21.CN1CCc2cccnc21.COc1ccc2c(c1)CCN2C.Cn1ccc2cccc(F)c21. The van der Waals surface area contributed by atoms with Crippen molar-refractivity contribution < 1.29 is 13.9 Å². The number of amides is 1. The number of para-hydroxylation sites is 2. The summed E-state index contributed by atoms with van der Waals surface area (Å²) in [5, 5.41) is 3.74. The Balaban J connectivity index is 0.000000119. The molecule has 13 rings (SSSR count). The Labute approximate surface area is 438 Å². The molecule has 384 valence electrons. The summed E-state index contributed by atoms with van der Waals surface area (Å²) in [5.41, 5.74) is 16.8. The minimum Gasteiger partial charge on any atom is -0.497 e. The summed E-state index contributed by atoms with van der Waals surface area (Å²) < 4.78 is 20.0. The van der Waals surface area contributed by atoms with Gasteiger partial charge in [0.2, 0.25) is 5.91 Å². The highest BCUT2D eigenvalue weighted by Gasteiger charge is 2.22. The van der Waals surface area contributed by atoms with E-state index in [4.69, 9.17) is 4.74 Å². The first-order valence-electron chi connectivity index (χ1n) is 25.8. The number of carbonyl (C=O) groups is 1. The van der Waals surface area contributed by atoms with E-state index in [9.17, 15) is 9.18 Å². The number of carbonyl (C=O) groups excluding carboxylic acids is 1. The van der Waals surface area contributed by atoms with Crippen molar-refractivity contribution >= 4 is 51.1 Å². The van der Waals surface area contributed by atoms with Crippen molar-refractivity contribution in [1.29, 1.82) is 0 Å². The third kappa shape index (κ3) is 12.5. The Morgan fingerprint density at radius 2 is 1.23 bits per heavy atom. The third-order valence-corrected chi connectivity index (χ3v) is 14.6. The van der Waals surface area contributed by atoms with Crippen LogP contribution in [0.4, 0.5) is 38.6 Å².